The minimum Gasteiger partial charge on any atom is -0.253 e. The molecule has 2 heterocycles. The molecule has 0 fully saturated rings. The van der Waals surface area contributed by atoms with Gasteiger partial charge in [0.15, 0.2) is 14.9 Å². The summed E-state index contributed by atoms with van der Waals surface area (Å²) < 4.78 is 25.4. The van der Waals surface area contributed by atoms with Crippen molar-refractivity contribution < 1.29 is 8.42 Å². The van der Waals surface area contributed by atoms with E-state index in [1.165, 1.54) is 0 Å². The molecule has 0 saturated carbocycles. The summed E-state index contributed by atoms with van der Waals surface area (Å²) in [6.07, 6.45) is 0.656. The predicted molar refractivity (Wildman–Crippen MR) is 56.4 cm³/mol. The van der Waals surface area contributed by atoms with Gasteiger partial charge in [-0.1, -0.05) is 12.1 Å². The van der Waals surface area contributed by atoms with Crippen LogP contribution in [0.1, 0.15) is 6.42 Å². The van der Waals surface area contributed by atoms with Gasteiger partial charge < -0.3 is 0 Å². The summed E-state index contributed by atoms with van der Waals surface area (Å²) in [5.41, 5.74) is 0.762. The molecular weight excluding hydrogens is 212 g/mol. The number of hydrogen-bond donors (Lipinski definition) is 0. The van der Waals surface area contributed by atoms with Crippen LogP contribution in [-0.2, 0) is 16.4 Å². The van der Waals surface area contributed by atoms with Crippen LogP contribution in [0.25, 0.3) is 10.9 Å². The number of sulfone groups is 1. The second-order valence-corrected chi connectivity index (χ2v) is 5.74. The maximum Gasteiger partial charge on any atom is 0.195 e. The fourth-order valence-corrected chi connectivity index (χ4v) is 3.70. The van der Waals surface area contributed by atoms with Gasteiger partial charge in [0, 0.05) is 11.9 Å². The van der Waals surface area contributed by atoms with E-state index in [2.05, 4.69) is 5.10 Å². The standard InChI is InChI=1S/C10H10N2O2S/c13-15(14)7-3-6-12-10(15)8-4-1-2-5-9(8)11-12/h1-2,4-5H,3,6-7H2. The molecule has 1 aliphatic rings. The first-order valence-corrected chi connectivity index (χ1v) is 6.52. The van der Waals surface area contributed by atoms with Crippen molar-refractivity contribution in [2.45, 2.75) is 18.0 Å². The molecule has 0 aliphatic carbocycles. The third-order valence-electron chi connectivity index (χ3n) is 2.67. The summed E-state index contributed by atoms with van der Waals surface area (Å²) in [5, 5.41) is 5.43. The summed E-state index contributed by atoms with van der Waals surface area (Å²) >= 11 is 0. The van der Waals surface area contributed by atoms with Gasteiger partial charge in [-0.15, -0.1) is 0 Å². The topological polar surface area (TPSA) is 52.0 Å². The lowest BCUT2D eigenvalue weighted by Crippen LogP contribution is -2.21. The molecule has 78 valence electrons. The fourth-order valence-electron chi connectivity index (χ4n) is 2.04. The van der Waals surface area contributed by atoms with Crippen LogP contribution in [0, 0.1) is 0 Å². The number of aryl methyl sites for hydroxylation is 1. The molecule has 4 nitrogen and oxygen atoms in total. The van der Waals surface area contributed by atoms with Gasteiger partial charge in [-0.3, -0.25) is 4.68 Å². The van der Waals surface area contributed by atoms with Crippen LogP contribution in [-0.4, -0.2) is 24.0 Å². The van der Waals surface area contributed by atoms with E-state index in [0.717, 1.165) is 10.9 Å². The van der Waals surface area contributed by atoms with E-state index < -0.39 is 9.84 Å². The lowest BCUT2D eigenvalue weighted by Gasteiger charge is -2.13. The van der Waals surface area contributed by atoms with Crippen LogP contribution < -0.4 is 0 Å². The molecule has 0 spiro atoms. The SMILES string of the molecule is O=S1(=O)CCCn2nc3ccccc3c21. The van der Waals surface area contributed by atoms with Crippen molar-refractivity contribution in [3.63, 3.8) is 0 Å². The maximum absolute atomic E-state index is 11.9. The molecule has 1 aromatic heterocycles. The molecular formula is C10H10N2O2S. The first kappa shape index (κ1) is 8.91. The van der Waals surface area contributed by atoms with Gasteiger partial charge in [-0.05, 0) is 18.6 Å². The number of fused-ring (bicyclic) bond motifs is 3. The second-order valence-electron chi connectivity index (χ2n) is 3.72. The molecule has 0 bridgehead atoms. The minimum atomic E-state index is -3.12. The van der Waals surface area contributed by atoms with Crippen molar-refractivity contribution >= 4 is 20.7 Å². The number of hydrogen-bond acceptors (Lipinski definition) is 3. The zero-order valence-corrected chi connectivity index (χ0v) is 8.87. The average Bonchev–Trinajstić information content (AvgIpc) is 2.56. The third-order valence-corrected chi connectivity index (χ3v) is 4.52. The van der Waals surface area contributed by atoms with E-state index in [1.54, 1.807) is 4.68 Å². The summed E-state index contributed by atoms with van der Waals surface area (Å²) in [5.74, 6) is 0.239. The molecule has 3 rings (SSSR count). The van der Waals surface area contributed by atoms with E-state index in [-0.39, 0.29) is 5.75 Å². The maximum atomic E-state index is 11.9. The minimum absolute atomic E-state index is 0.239. The van der Waals surface area contributed by atoms with Gasteiger partial charge in [-0.2, -0.15) is 5.10 Å². The highest BCUT2D eigenvalue weighted by Crippen LogP contribution is 2.27. The monoisotopic (exact) mass is 222 g/mol. The molecule has 0 amide bonds. The van der Waals surface area contributed by atoms with Crippen LogP contribution in [0.3, 0.4) is 0 Å². The van der Waals surface area contributed by atoms with E-state index in [9.17, 15) is 8.42 Å². The Bertz CT molecular complexity index is 628. The Morgan fingerprint density at radius 3 is 2.93 bits per heavy atom. The van der Waals surface area contributed by atoms with Crippen molar-refractivity contribution in [1.29, 1.82) is 0 Å². The summed E-state index contributed by atoms with van der Waals surface area (Å²) in [4.78, 5) is 0. The average molecular weight is 222 g/mol. The quantitative estimate of drug-likeness (QED) is 0.673. The van der Waals surface area contributed by atoms with E-state index in [4.69, 9.17) is 0 Å². The first-order chi connectivity index (χ1) is 7.18. The summed E-state index contributed by atoms with van der Waals surface area (Å²) in [6, 6.07) is 7.37. The summed E-state index contributed by atoms with van der Waals surface area (Å²) in [6.45, 7) is 0.698. The largest absolute Gasteiger partial charge is 0.253 e. The van der Waals surface area contributed by atoms with E-state index >= 15 is 0 Å². The van der Waals surface area contributed by atoms with Crippen molar-refractivity contribution in [2.24, 2.45) is 0 Å². The van der Waals surface area contributed by atoms with Crippen LogP contribution in [0.5, 0.6) is 0 Å². The van der Waals surface area contributed by atoms with Gasteiger partial charge >= 0.3 is 0 Å². The second kappa shape index (κ2) is 2.82. The molecule has 0 saturated heterocycles. The highest BCUT2D eigenvalue weighted by atomic mass is 32.2. The van der Waals surface area contributed by atoms with Crippen molar-refractivity contribution in [3.8, 4) is 0 Å². The Balaban J connectivity index is 2.48. The molecule has 1 aliphatic heterocycles. The summed E-state index contributed by atoms with van der Waals surface area (Å²) in [7, 11) is -3.12. The molecule has 2 aromatic rings. The molecule has 0 N–H and O–H groups in total. The van der Waals surface area contributed by atoms with Crippen LogP contribution in [0.2, 0.25) is 0 Å². The van der Waals surface area contributed by atoms with Crippen molar-refractivity contribution in [3.05, 3.63) is 24.3 Å². The fraction of sp³-hybridized carbons (Fsp3) is 0.300. The molecule has 1 aromatic carbocycles. The number of aromatic nitrogens is 2. The van der Waals surface area contributed by atoms with Gasteiger partial charge in [0.2, 0.25) is 0 Å². The Morgan fingerprint density at radius 1 is 1.27 bits per heavy atom. The Morgan fingerprint density at radius 2 is 2.07 bits per heavy atom. The molecule has 0 radical (unpaired) electrons. The van der Waals surface area contributed by atoms with Crippen LogP contribution in [0.4, 0.5) is 0 Å². The normalized spacial score (nSPS) is 18.9. The lowest BCUT2D eigenvalue weighted by atomic mass is 10.3. The van der Waals surface area contributed by atoms with Gasteiger partial charge in [-0.25, -0.2) is 8.42 Å². The predicted octanol–water partition coefficient (Wildman–Crippen LogP) is 1.21. The van der Waals surface area contributed by atoms with Gasteiger partial charge in [0.1, 0.15) is 0 Å². The van der Waals surface area contributed by atoms with E-state index in [0.29, 0.717) is 18.0 Å². The third kappa shape index (κ3) is 1.19. The highest BCUT2D eigenvalue weighted by Gasteiger charge is 2.27. The van der Waals surface area contributed by atoms with Crippen LogP contribution in [0.15, 0.2) is 29.3 Å². The number of benzene rings is 1. The van der Waals surface area contributed by atoms with Crippen molar-refractivity contribution in [1.82, 2.24) is 9.78 Å². The zero-order chi connectivity index (χ0) is 10.5. The molecule has 0 atom stereocenters. The van der Waals surface area contributed by atoms with Gasteiger partial charge in [0.25, 0.3) is 0 Å². The van der Waals surface area contributed by atoms with Crippen molar-refractivity contribution in [2.75, 3.05) is 5.75 Å². The number of nitrogens with zero attached hydrogens (tertiary/aromatic N) is 2. The Kier molecular flexibility index (Phi) is 1.68. The van der Waals surface area contributed by atoms with E-state index in [1.807, 2.05) is 24.3 Å². The molecule has 0 unspecified atom stereocenters. The highest BCUT2D eigenvalue weighted by molar-refractivity contribution is 7.91. The zero-order valence-electron chi connectivity index (χ0n) is 8.05. The lowest BCUT2D eigenvalue weighted by molar-refractivity contribution is 0.507. The van der Waals surface area contributed by atoms with Gasteiger partial charge in [0.05, 0.1) is 11.3 Å². The Hall–Kier alpha value is -1.36. The molecule has 5 heteroatoms. The Labute approximate surface area is 87.4 Å². The number of rotatable bonds is 0. The van der Waals surface area contributed by atoms with Crippen LogP contribution >= 0.6 is 0 Å². The smallest absolute Gasteiger partial charge is 0.195 e. The molecule has 15 heavy (non-hydrogen) atoms. The first-order valence-electron chi connectivity index (χ1n) is 4.87.